The summed E-state index contributed by atoms with van der Waals surface area (Å²) in [6.07, 6.45) is 1.09. The third kappa shape index (κ3) is 5.21. The van der Waals surface area contributed by atoms with Crippen LogP contribution in [0.15, 0.2) is 45.9 Å². The van der Waals surface area contributed by atoms with Crippen molar-refractivity contribution >= 4 is 33.3 Å². The lowest BCUT2D eigenvalue weighted by Crippen LogP contribution is -2.60. The van der Waals surface area contributed by atoms with Crippen LogP contribution < -0.4 is 15.4 Å². The van der Waals surface area contributed by atoms with Crippen LogP contribution in [0, 0.1) is 5.82 Å². The number of hydrogen-bond donors (Lipinski definition) is 2. The van der Waals surface area contributed by atoms with Crippen molar-refractivity contribution in [3.05, 3.63) is 53.6 Å². The zero-order valence-corrected chi connectivity index (χ0v) is 23.9. The molecular formula is C27H34FN5O5S. The molecule has 210 valence electrons. The summed E-state index contributed by atoms with van der Waals surface area (Å²) >= 11 is 0. The number of hydrogen-bond acceptors (Lipinski definition) is 8. The zero-order valence-electron chi connectivity index (χ0n) is 23.1. The average molecular weight is 560 g/mol. The number of anilines is 1. The van der Waals surface area contributed by atoms with E-state index in [-0.39, 0.29) is 17.1 Å². The first kappa shape index (κ1) is 28.5. The van der Waals surface area contributed by atoms with Gasteiger partial charge >= 0.3 is 6.09 Å². The van der Waals surface area contributed by atoms with Gasteiger partial charge in [0.05, 0.1) is 28.3 Å². The van der Waals surface area contributed by atoms with E-state index < -0.39 is 48.7 Å². The maximum atomic E-state index is 15.5. The summed E-state index contributed by atoms with van der Waals surface area (Å²) in [6.45, 7) is 10.6. The second-order valence-electron chi connectivity index (χ2n) is 11.2. The van der Waals surface area contributed by atoms with Crippen LogP contribution in [0.2, 0.25) is 0 Å². The Morgan fingerprint density at radius 1 is 1.13 bits per heavy atom. The Hall–Kier alpha value is -3.54. The van der Waals surface area contributed by atoms with Gasteiger partial charge < -0.3 is 14.8 Å². The first-order valence-electron chi connectivity index (χ1n) is 12.5. The number of amides is 2. The van der Waals surface area contributed by atoms with E-state index in [0.29, 0.717) is 24.4 Å². The predicted octanol–water partition coefficient (Wildman–Crippen LogP) is 4.65. The number of alkyl carbamates (subject to hydrolysis) is 1. The average Bonchev–Trinajstić information content (AvgIpc) is 3.27. The predicted molar refractivity (Wildman–Crippen MR) is 147 cm³/mol. The molecule has 2 N–H and O–H groups in total. The van der Waals surface area contributed by atoms with Crippen LogP contribution in [0.1, 0.15) is 64.0 Å². The van der Waals surface area contributed by atoms with Crippen LogP contribution in [-0.2, 0) is 20.0 Å². The molecule has 3 heterocycles. The number of halogens is 1. The molecule has 2 aromatic rings. The highest BCUT2D eigenvalue weighted by Gasteiger charge is 2.57. The molecule has 3 atom stereocenters. The molecule has 0 bridgehead atoms. The number of rotatable bonds is 4. The molecule has 4 rings (SSSR count). The number of pyridine rings is 1. The fourth-order valence-corrected chi connectivity index (χ4v) is 8.07. The Morgan fingerprint density at radius 2 is 1.85 bits per heavy atom. The van der Waals surface area contributed by atoms with Gasteiger partial charge in [-0.2, -0.15) is 0 Å². The number of nitrogens with one attached hydrogen (secondary N) is 2. The quantitative estimate of drug-likeness (QED) is 0.561. The van der Waals surface area contributed by atoms with Gasteiger partial charge in [0.25, 0.3) is 5.91 Å². The number of carbonyl (C=O) groups excluding carboxylic acids is 2. The van der Waals surface area contributed by atoms with Crippen molar-refractivity contribution in [2.45, 2.75) is 69.1 Å². The van der Waals surface area contributed by atoms with Crippen LogP contribution in [0.4, 0.5) is 14.9 Å². The van der Waals surface area contributed by atoms with Crippen molar-refractivity contribution in [1.29, 1.82) is 0 Å². The smallest absolute Gasteiger partial charge is 0.413 e. The lowest BCUT2D eigenvalue weighted by Gasteiger charge is -2.45. The van der Waals surface area contributed by atoms with Crippen molar-refractivity contribution in [2.75, 3.05) is 19.0 Å². The van der Waals surface area contributed by atoms with Gasteiger partial charge in [0, 0.05) is 17.8 Å². The van der Waals surface area contributed by atoms with Gasteiger partial charge in [-0.3, -0.25) is 15.1 Å². The molecule has 2 aliphatic rings. The first-order valence-corrected chi connectivity index (χ1v) is 14.1. The minimum absolute atomic E-state index is 0.0995. The van der Waals surface area contributed by atoms with E-state index in [9.17, 15) is 13.8 Å². The highest BCUT2D eigenvalue weighted by atomic mass is 32.2. The molecule has 39 heavy (non-hydrogen) atoms. The van der Waals surface area contributed by atoms with Crippen molar-refractivity contribution in [3.63, 3.8) is 0 Å². The number of amidine groups is 1. The van der Waals surface area contributed by atoms with Gasteiger partial charge in [-0.15, -0.1) is 0 Å². The summed E-state index contributed by atoms with van der Waals surface area (Å²) in [6, 6.07) is 7.24. The highest BCUT2D eigenvalue weighted by molar-refractivity contribution is 7.96. The summed E-state index contributed by atoms with van der Waals surface area (Å²) in [5.41, 5.74) is -1.56. The third-order valence-electron chi connectivity index (χ3n) is 6.93. The first-order chi connectivity index (χ1) is 18.1. The fourth-order valence-electron chi connectivity index (χ4n) is 4.88. The van der Waals surface area contributed by atoms with Crippen molar-refractivity contribution < 1.29 is 27.7 Å². The van der Waals surface area contributed by atoms with E-state index in [2.05, 4.69) is 20.0 Å². The lowest BCUT2D eigenvalue weighted by atomic mass is 9.85. The molecule has 2 aliphatic heterocycles. The van der Waals surface area contributed by atoms with Gasteiger partial charge in [0.15, 0.2) is 0 Å². The van der Waals surface area contributed by atoms with E-state index in [1.165, 1.54) is 37.6 Å². The molecular weight excluding hydrogens is 525 g/mol. The second kappa shape index (κ2) is 9.89. The SMILES string of the molecule is COc1ccc(C(=O)Nc2ccc(F)c([C@@]3(C)N=C(NC(=O)OC(C)(C)C)C(C)(C)[S@@]4(=O)=NCC[C@@H]34)c2)nc1. The van der Waals surface area contributed by atoms with E-state index >= 15 is 4.39 Å². The molecule has 10 nitrogen and oxygen atoms in total. The van der Waals surface area contributed by atoms with Gasteiger partial charge in [-0.05, 0) is 78.3 Å². The molecule has 0 radical (unpaired) electrons. The third-order valence-corrected chi connectivity index (χ3v) is 10.6. The molecule has 0 saturated carbocycles. The summed E-state index contributed by atoms with van der Waals surface area (Å²) in [5, 5.41) is 4.77. The number of benzene rings is 1. The molecule has 0 saturated heterocycles. The Bertz CT molecular complexity index is 1460. The fraction of sp³-hybridized carbons (Fsp3) is 0.481. The summed E-state index contributed by atoms with van der Waals surface area (Å²) in [4.78, 5) is 34.4. The number of aromatic nitrogens is 1. The summed E-state index contributed by atoms with van der Waals surface area (Å²) < 4.78 is 43.8. The lowest BCUT2D eigenvalue weighted by molar-refractivity contribution is 0.0560. The minimum atomic E-state index is -3.02. The van der Waals surface area contributed by atoms with Crippen LogP contribution in [0.3, 0.4) is 0 Å². The Labute approximate surface area is 228 Å². The second-order valence-corrected chi connectivity index (χ2v) is 14.2. The number of fused-ring (bicyclic) bond motifs is 1. The van der Waals surface area contributed by atoms with Gasteiger partial charge in [0.2, 0.25) is 0 Å². The highest BCUT2D eigenvalue weighted by Crippen LogP contribution is 2.48. The van der Waals surface area contributed by atoms with Crippen LogP contribution in [0.25, 0.3) is 0 Å². The molecule has 1 aromatic heterocycles. The topological polar surface area (TPSA) is 131 Å². The van der Waals surface area contributed by atoms with E-state index in [4.69, 9.17) is 14.5 Å². The van der Waals surface area contributed by atoms with E-state index in [1.54, 1.807) is 47.6 Å². The number of aliphatic imine (C=N–C) groups is 1. The monoisotopic (exact) mass is 559 g/mol. The zero-order chi connectivity index (χ0) is 28.8. The molecule has 0 spiro atoms. The van der Waals surface area contributed by atoms with Gasteiger partial charge in [0.1, 0.15) is 39.0 Å². The molecule has 12 heteroatoms. The Balaban J connectivity index is 1.76. The number of ether oxygens (including phenoxy) is 2. The summed E-state index contributed by atoms with van der Waals surface area (Å²) in [5.74, 6) is -0.488. The minimum Gasteiger partial charge on any atom is -0.495 e. The standard InChI is InChI=1S/C27H34FN5O5S/c1-25(2,3)38-24(35)32-23-26(4,5)39(36)21(12-13-30-39)27(6,33-23)18-14-16(8-10-19(18)28)31-22(34)20-11-9-17(37-7)15-29-20/h8-11,14-15,21H,12-13H2,1-7H3,(H,31,34)(H,32,33,35)/t21-,27+,39+/m0/s1. The van der Waals surface area contributed by atoms with E-state index in [1.807, 2.05) is 0 Å². The number of carbonyl (C=O) groups is 2. The van der Waals surface area contributed by atoms with Gasteiger partial charge in [-0.1, -0.05) is 0 Å². The molecule has 2 amide bonds. The maximum Gasteiger partial charge on any atom is 0.413 e. The Kier molecular flexibility index (Phi) is 7.22. The van der Waals surface area contributed by atoms with E-state index in [0.717, 1.165) is 0 Å². The normalized spacial score (nSPS) is 25.5. The maximum absolute atomic E-state index is 15.5. The van der Waals surface area contributed by atoms with Crippen LogP contribution >= 0.6 is 0 Å². The van der Waals surface area contributed by atoms with Crippen molar-refractivity contribution in [1.82, 2.24) is 10.3 Å². The van der Waals surface area contributed by atoms with Gasteiger partial charge in [-0.25, -0.2) is 22.7 Å². The Morgan fingerprint density at radius 3 is 2.46 bits per heavy atom. The number of nitrogens with zero attached hydrogens (tertiary/aromatic N) is 3. The molecule has 0 unspecified atom stereocenters. The largest absolute Gasteiger partial charge is 0.495 e. The summed E-state index contributed by atoms with van der Waals surface area (Å²) in [7, 11) is -1.53. The van der Waals surface area contributed by atoms with Crippen LogP contribution in [-0.4, -0.2) is 56.3 Å². The van der Waals surface area contributed by atoms with Crippen LogP contribution in [0.5, 0.6) is 5.75 Å². The van der Waals surface area contributed by atoms with Crippen molar-refractivity contribution in [2.24, 2.45) is 9.36 Å². The molecule has 0 fully saturated rings. The van der Waals surface area contributed by atoms with Crippen molar-refractivity contribution in [3.8, 4) is 5.75 Å². The molecule has 1 aromatic carbocycles. The molecule has 0 aliphatic carbocycles. The number of methoxy groups -OCH3 is 1.